The molecule has 0 radical (unpaired) electrons. The lowest BCUT2D eigenvalue weighted by molar-refractivity contribution is 0.367. The fourth-order valence-electron chi connectivity index (χ4n) is 2.15. The third-order valence-electron chi connectivity index (χ3n) is 3.30. The normalized spacial score (nSPS) is 20.7. The number of nitrogens with two attached hydrogens (primary N) is 1. The van der Waals surface area contributed by atoms with Crippen molar-refractivity contribution in [1.29, 1.82) is 0 Å². The van der Waals surface area contributed by atoms with Gasteiger partial charge in [-0.1, -0.05) is 6.07 Å². The van der Waals surface area contributed by atoms with Crippen molar-refractivity contribution in [2.24, 2.45) is 10.7 Å². The molecule has 4 N–H and O–H groups in total. The van der Waals surface area contributed by atoms with Gasteiger partial charge in [0.25, 0.3) is 0 Å². The van der Waals surface area contributed by atoms with Crippen LogP contribution in [0.25, 0.3) is 0 Å². The lowest BCUT2D eigenvalue weighted by Crippen LogP contribution is -2.44. The van der Waals surface area contributed by atoms with E-state index in [9.17, 15) is 8.78 Å². The van der Waals surface area contributed by atoms with Crippen LogP contribution < -0.4 is 16.4 Å². The van der Waals surface area contributed by atoms with Crippen molar-refractivity contribution < 1.29 is 8.78 Å². The zero-order valence-electron chi connectivity index (χ0n) is 12.7. The first-order valence-corrected chi connectivity index (χ1v) is 7.08. The van der Waals surface area contributed by atoms with Gasteiger partial charge in [-0.2, -0.15) is 0 Å². The molecular weight excluding hydrogens is 288 g/mol. The van der Waals surface area contributed by atoms with Crippen LogP contribution in [0.2, 0.25) is 0 Å². The number of halogens is 2. The van der Waals surface area contributed by atoms with Crippen LogP contribution in [0.3, 0.4) is 0 Å². The fourth-order valence-corrected chi connectivity index (χ4v) is 2.15. The molecule has 0 amide bonds. The van der Waals surface area contributed by atoms with Gasteiger partial charge in [0.15, 0.2) is 11.6 Å². The van der Waals surface area contributed by atoms with Gasteiger partial charge in [-0.15, -0.1) is 0 Å². The van der Waals surface area contributed by atoms with Crippen molar-refractivity contribution in [2.45, 2.75) is 18.5 Å². The standard InChI is InChI=1S/C15H21F2N5/c1-22(2)10-4-7-15(18)8-9-19-14(21-15)20-12-6-3-5-11(16)13(12)17/h3,5-6,8-9H,4,7,10,18H2,1-2H3,(H2,19,20,21). The summed E-state index contributed by atoms with van der Waals surface area (Å²) >= 11 is 0. The summed E-state index contributed by atoms with van der Waals surface area (Å²) in [5, 5.41) is 5.57. The number of nitrogens with one attached hydrogen (secondary N) is 2. The van der Waals surface area contributed by atoms with Gasteiger partial charge >= 0.3 is 0 Å². The summed E-state index contributed by atoms with van der Waals surface area (Å²) in [6.07, 6.45) is 4.94. The van der Waals surface area contributed by atoms with Crippen molar-refractivity contribution in [3.63, 3.8) is 0 Å². The van der Waals surface area contributed by atoms with Gasteiger partial charge in [0, 0.05) is 6.20 Å². The van der Waals surface area contributed by atoms with Crippen molar-refractivity contribution in [1.82, 2.24) is 10.2 Å². The predicted molar refractivity (Wildman–Crippen MR) is 84.4 cm³/mol. The predicted octanol–water partition coefficient (Wildman–Crippen LogP) is 1.85. The molecule has 5 nitrogen and oxygen atoms in total. The zero-order chi connectivity index (χ0) is 16.2. The minimum Gasteiger partial charge on any atom is -0.333 e. The molecule has 0 spiro atoms. The molecule has 1 heterocycles. The topological polar surface area (TPSA) is 65.7 Å². The first-order valence-electron chi connectivity index (χ1n) is 7.08. The van der Waals surface area contributed by atoms with Crippen LogP contribution in [0.15, 0.2) is 35.5 Å². The molecule has 0 fully saturated rings. The SMILES string of the molecule is CN(C)CCCC1(N)C=CNC(Nc2cccc(F)c2F)=N1. The van der Waals surface area contributed by atoms with E-state index in [4.69, 9.17) is 5.73 Å². The minimum atomic E-state index is -0.947. The molecule has 120 valence electrons. The van der Waals surface area contributed by atoms with Crippen LogP contribution in [0.4, 0.5) is 14.5 Å². The van der Waals surface area contributed by atoms with Crippen molar-refractivity contribution in [2.75, 3.05) is 26.0 Å². The van der Waals surface area contributed by atoms with Crippen LogP contribution in [-0.4, -0.2) is 37.2 Å². The van der Waals surface area contributed by atoms with Crippen LogP contribution in [0.1, 0.15) is 12.8 Å². The second-order valence-electron chi connectivity index (χ2n) is 5.56. The molecule has 7 heteroatoms. The summed E-state index contributed by atoms with van der Waals surface area (Å²) in [4.78, 5) is 6.42. The molecule has 22 heavy (non-hydrogen) atoms. The number of hydrogen-bond acceptors (Lipinski definition) is 5. The molecule has 0 saturated heterocycles. The van der Waals surface area contributed by atoms with Crippen molar-refractivity contribution in [3.05, 3.63) is 42.1 Å². The van der Waals surface area contributed by atoms with Crippen LogP contribution in [-0.2, 0) is 0 Å². The monoisotopic (exact) mass is 309 g/mol. The Balaban J connectivity index is 2.06. The number of aliphatic imine (C=N–C) groups is 1. The van der Waals surface area contributed by atoms with E-state index in [2.05, 4.69) is 20.5 Å². The van der Waals surface area contributed by atoms with Gasteiger partial charge in [-0.25, -0.2) is 13.8 Å². The van der Waals surface area contributed by atoms with E-state index in [0.29, 0.717) is 12.4 Å². The maximum atomic E-state index is 13.7. The molecule has 2 rings (SSSR count). The number of nitrogens with zero attached hydrogens (tertiary/aromatic N) is 2. The van der Waals surface area contributed by atoms with E-state index in [1.807, 2.05) is 14.1 Å². The average molecular weight is 309 g/mol. The maximum Gasteiger partial charge on any atom is 0.202 e. The quantitative estimate of drug-likeness (QED) is 0.776. The van der Waals surface area contributed by atoms with Gasteiger partial charge in [-0.3, -0.25) is 0 Å². The Bertz CT molecular complexity index is 585. The molecule has 0 saturated carbocycles. The highest BCUT2D eigenvalue weighted by molar-refractivity contribution is 5.95. The lowest BCUT2D eigenvalue weighted by atomic mass is 10.0. The van der Waals surface area contributed by atoms with E-state index in [0.717, 1.165) is 19.0 Å². The zero-order valence-corrected chi connectivity index (χ0v) is 12.7. The molecule has 1 aromatic carbocycles. The van der Waals surface area contributed by atoms with Crippen LogP contribution in [0.5, 0.6) is 0 Å². The Morgan fingerprint density at radius 3 is 2.86 bits per heavy atom. The van der Waals surface area contributed by atoms with Gasteiger partial charge in [0.05, 0.1) is 5.69 Å². The van der Waals surface area contributed by atoms with E-state index in [-0.39, 0.29) is 5.69 Å². The summed E-state index contributed by atoms with van der Waals surface area (Å²) in [6, 6.07) is 3.92. The van der Waals surface area contributed by atoms with Gasteiger partial charge in [0.2, 0.25) is 5.96 Å². The fraction of sp³-hybridized carbons (Fsp3) is 0.400. The first-order chi connectivity index (χ1) is 10.4. The highest BCUT2D eigenvalue weighted by atomic mass is 19.2. The number of hydrogen-bond donors (Lipinski definition) is 3. The number of benzene rings is 1. The molecule has 0 aromatic heterocycles. The Morgan fingerprint density at radius 1 is 1.36 bits per heavy atom. The average Bonchev–Trinajstić information content (AvgIpc) is 2.43. The Hall–Kier alpha value is -1.99. The number of anilines is 1. The summed E-state index contributed by atoms with van der Waals surface area (Å²) in [5.74, 6) is -1.57. The summed E-state index contributed by atoms with van der Waals surface area (Å²) in [5.41, 5.74) is 5.37. The highest BCUT2D eigenvalue weighted by Gasteiger charge is 2.24. The lowest BCUT2D eigenvalue weighted by Gasteiger charge is -2.27. The second-order valence-corrected chi connectivity index (χ2v) is 5.56. The summed E-state index contributed by atoms with van der Waals surface area (Å²) < 4.78 is 26.9. The molecular formula is C15H21F2N5. The first kappa shape index (κ1) is 16.4. The van der Waals surface area contributed by atoms with Crippen molar-refractivity contribution in [3.8, 4) is 0 Å². The molecule has 1 aliphatic heterocycles. The smallest absolute Gasteiger partial charge is 0.202 e. The molecule has 1 aliphatic rings. The van der Waals surface area contributed by atoms with Crippen LogP contribution in [0, 0.1) is 11.6 Å². The Morgan fingerprint density at radius 2 is 2.14 bits per heavy atom. The van der Waals surface area contributed by atoms with Crippen LogP contribution >= 0.6 is 0 Å². The third-order valence-corrected chi connectivity index (χ3v) is 3.30. The third kappa shape index (κ3) is 4.25. The maximum absolute atomic E-state index is 13.7. The summed E-state index contributed by atoms with van der Waals surface area (Å²) in [6.45, 7) is 0.900. The highest BCUT2D eigenvalue weighted by Crippen LogP contribution is 2.19. The minimum absolute atomic E-state index is 0.0113. The molecule has 0 bridgehead atoms. The number of guanidine groups is 1. The Kier molecular flexibility index (Phi) is 5.10. The van der Waals surface area contributed by atoms with Gasteiger partial charge in [-0.05, 0) is 51.7 Å². The molecule has 1 aromatic rings. The van der Waals surface area contributed by atoms with E-state index in [1.165, 1.54) is 12.1 Å². The van der Waals surface area contributed by atoms with E-state index < -0.39 is 17.3 Å². The second kappa shape index (κ2) is 6.85. The van der Waals surface area contributed by atoms with Gasteiger partial charge < -0.3 is 21.3 Å². The molecule has 0 aliphatic carbocycles. The summed E-state index contributed by atoms with van der Waals surface area (Å²) in [7, 11) is 3.98. The largest absolute Gasteiger partial charge is 0.333 e. The molecule has 1 atom stereocenters. The Labute approximate surface area is 128 Å². The van der Waals surface area contributed by atoms with Crippen molar-refractivity contribution >= 4 is 11.6 Å². The van der Waals surface area contributed by atoms with E-state index in [1.54, 1.807) is 12.3 Å². The molecule has 1 unspecified atom stereocenters. The van der Waals surface area contributed by atoms with Gasteiger partial charge in [0.1, 0.15) is 5.66 Å². The van der Waals surface area contributed by atoms with E-state index >= 15 is 0 Å². The number of rotatable bonds is 5.